The van der Waals surface area contributed by atoms with E-state index in [2.05, 4.69) is 9.78 Å². The monoisotopic (exact) mass is 476 g/mol. The fourth-order valence-electron chi connectivity index (χ4n) is 4.00. The van der Waals surface area contributed by atoms with Crippen LogP contribution in [0.3, 0.4) is 0 Å². The molecule has 2 N–H and O–H groups in total. The summed E-state index contributed by atoms with van der Waals surface area (Å²) in [6, 6.07) is 2.58. The summed E-state index contributed by atoms with van der Waals surface area (Å²) in [6.07, 6.45) is 2.78. The summed E-state index contributed by atoms with van der Waals surface area (Å²) in [5.74, 6) is -1.52. The lowest BCUT2D eigenvalue weighted by Gasteiger charge is -2.00. The average molecular weight is 476 g/mol. The number of unbranched alkanes of at least 4 members (excludes halogenated alkanes) is 4. The van der Waals surface area contributed by atoms with Gasteiger partial charge >= 0.3 is 11.9 Å². The third-order valence-electron chi connectivity index (χ3n) is 5.79. The van der Waals surface area contributed by atoms with Crippen molar-refractivity contribution in [3.63, 3.8) is 0 Å². The second-order valence-electron chi connectivity index (χ2n) is 8.02. The quantitative estimate of drug-likeness (QED) is 0.219. The highest BCUT2D eigenvalue weighted by Crippen LogP contribution is 2.15. The van der Waals surface area contributed by atoms with E-state index in [1.54, 1.807) is 0 Å². The Labute approximate surface area is 191 Å². The number of hydrogen-bond acceptors (Lipinski definition) is 10. The summed E-state index contributed by atoms with van der Waals surface area (Å²) < 4.78 is 2.10. The Hall–Kier alpha value is -3.64. The first-order valence-electron chi connectivity index (χ1n) is 10.9. The molecular formula is C22H24N2O10. The summed E-state index contributed by atoms with van der Waals surface area (Å²) in [4.78, 5) is 80.0. The van der Waals surface area contributed by atoms with E-state index in [9.17, 15) is 28.8 Å². The fraction of sp³-hybridized carbons (Fsp3) is 0.455. The van der Waals surface area contributed by atoms with Gasteiger partial charge < -0.3 is 9.78 Å². The summed E-state index contributed by atoms with van der Waals surface area (Å²) >= 11 is 0. The van der Waals surface area contributed by atoms with E-state index in [0.717, 1.165) is 9.13 Å². The molecule has 34 heavy (non-hydrogen) atoms. The Balaban J connectivity index is 1.77. The number of hydrogen-bond donors (Lipinski definition) is 2. The normalized spacial score (nSPS) is 11.4. The standard InChI is InChI=1S/C22H24N2O10/c25-17(33-31)7-3-1-5-9-23-19(27)13-11-15-16(12-14(13)20(23)28)22(30)24(21(15)29)10-6-2-4-8-18(26)34-32/h11-12,31-32H,1-10H2. The summed E-state index contributed by atoms with van der Waals surface area (Å²) in [6.45, 7) is 0.228. The van der Waals surface area contributed by atoms with Crippen LogP contribution in [0.4, 0.5) is 0 Å². The van der Waals surface area contributed by atoms with Crippen LogP contribution in [-0.2, 0) is 32.5 Å². The molecule has 0 bridgehead atoms. The highest BCUT2D eigenvalue weighted by atomic mass is 17.1. The van der Waals surface area contributed by atoms with Gasteiger partial charge in [0.05, 0.1) is 21.5 Å². The van der Waals surface area contributed by atoms with Crippen LogP contribution in [0.5, 0.6) is 0 Å². The molecule has 0 saturated heterocycles. The lowest BCUT2D eigenvalue weighted by molar-refractivity contribution is -0.234. The topological polar surface area (TPSA) is 171 Å². The second-order valence-corrected chi connectivity index (χ2v) is 8.02. The van der Waals surface area contributed by atoms with Gasteiger partial charge in [-0.25, -0.2) is 9.59 Å². The van der Waals surface area contributed by atoms with E-state index in [-0.39, 0.29) is 47.5 Å². The van der Waals surface area contributed by atoms with E-state index >= 15 is 0 Å². The SMILES string of the molecule is O=C(CCCCCn1c(=O)c2cc3c(=O)n(CCCCCC(=O)OO)c(=O)c3cc2c1=O)OO. The molecule has 0 amide bonds. The molecule has 2 aromatic heterocycles. The maximum absolute atomic E-state index is 12.8. The summed E-state index contributed by atoms with van der Waals surface area (Å²) in [7, 11) is 0. The van der Waals surface area contributed by atoms with E-state index < -0.39 is 34.2 Å². The van der Waals surface area contributed by atoms with Crippen molar-refractivity contribution in [2.75, 3.05) is 0 Å². The van der Waals surface area contributed by atoms with Crippen LogP contribution in [0, 0.1) is 0 Å². The Morgan fingerprint density at radius 3 is 1.21 bits per heavy atom. The third kappa shape index (κ3) is 5.13. The van der Waals surface area contributed by atoms with Crippen LogP contribution in [0.25, 0.3) is 21.5 Å². The van der Waals surface area contributed by atoms with Crippen molar-refractivity contribution in [3.05, 3.63) is 53.5 Å². The van der Waals surface area contributed by atoms with Crippen molar-refractivity contribution in [1.29, 1.82) is 0 Å². The molecule has 0 aliphatic rings. The number of rotatable bonds is 12. The lowest BCUT2D eigenvalue weighted by atomic mass is 10.1. The molecule has 0 fully saturated rings. The maximum atomic E-state index is 12.8. The number of benzene rings is 1. The molecule has 182 valence electrons. The predicted octanol–water partition coefficient (Wildman–Crippen LogP) is 1.07. The maximum Gasteiger partial charge on any atom is 0.342 e. The van der Waals surface area contributed by atoms with Crippen molar-refractivity contribution in [2.24, 2.45) is 0 Å². The van der Waals surface area contributed by atoms with Crippen LogP contribution < -0.4 is 22.2 Å². The molecule has 0 radical (unpaired) electrons. The molecule has 0 aliphatic carbocycles. The van der Waals surface area contributed by atoms with E-state index in [1.807, 2.05) is 0 Å². The van der Waals surface area contributed by atoms with Gasteiger partial charge in [0.1, 0.15) is 0 Å². The van der Waals surface area contributed by atoms with E-state index in [0.29, 0.717) is 38.5 Å². The molecule has 12 nitrogen and oxygen atoms in total. The first-order chi connectivity index (χ1) is 16.3. The molecule has 0 atom stereocenters. The molecular weight excluding hydrogens is 452 g/mol. The smallest absolute Gasteiger partial charge is 0.301 e. The minimum atomic E-state index is -0.759. The largest absolute Gasteiger partial charge is 0.342 e. The van der Waals surface area contributed by atoms with Crippen LogP contribution >= 0.6 is 0 Å². The van der Waals surface area contributed by atoms with Crippen molar-refractivity contribution < 1.29 is 29.9 Å². The number of carbonyl (C=O) groups is 2. The average Bonchev–Trinajstić information content (AvgIpc) is 3.21. The zero-order valence-corrected chi connectivity index (χ0v) is 18.3. The van der Waals surface area contributed by atoms with Gasteiger partial charge in [-0.1, -0.05) is 12.8 Å². The first-order valence-corrected chi connectivity index (χ1v) is 10.9. The Morgan fingerprint density at radius 2 is 0.912 bits per heavy atom. The molecule has 2 heterocycles. The molecule has 3 rings (SSSR count). The Bertz CT molecular complexity index is 1230. The summed E-state index contributed by atoms with van der Waals surface area (Å²) in [5.41, 5.74) is -2.20. The Morgan fingerprint density at radius 1 is 0.588 bits per heavy atom. The molecule has 0 saturated carbocycles. The van der Waals surface area contributed by atoms with Crippen LogP contribution in [0.2, 0.25) is 0 Å². The molecule has 3 aromatic rings. The van der Waals surface area contributed by atoms with Crippen LogP contribution in [0.1, 0.15) is 51.4 Å². The summed E-state index contributed by atoms with van der Waals surface area (Å²) in [5, 5.41) is 16.7. The van der Waals surface area contributed by atoms with E-state index in [4.69, 9.17) is 10.5 Å². The van der Waals surface area contributed by atoms with Gasteiger partial charge in [-0.2, -0.15) is 10.5 Å². The lowest BCUT2D eigenvalue weighted by Crippen LogP contribution is -2.26. The second kappa shape index (κ2) is 11.0. The molecule has 0 aliphatic heterocycles. The highest BCUT2D eigenvalue weighted by Gasteiger charge is 2.19. The predicted molar refractivity (Wildman–Crippen MR) is 119 cm³/mol. The molecule has 12 heteroatoms. The van der Waals surface area contributed by atoms with Gasteiger partial charge in [0, 0.05) is 25.9 Å². The fourth-order valence-corrected chi connectivity index (χ4v) is 4.00. The molecule has 0 unspecified atom stereocenters. The number of carbonyl (C=O) groups excluding carboxylic acids is 2. The van der Waals surface area contributed by atoms with Crippen molar-refractivity contribution in [2.45, 2.75) is 64.5 Å². The zero-order valence-electron chi connectivity index (χ0n) is 18.3. The van der Waals surface area contributed by atoms with Crippen molar-refractivity contribution >= 4 is 33.5 Å². The number of fused-ring (bicyclic) bond motifs is 2. The number of aromatic nitrogens is 2. The van der Waals surface area contributed by atoms with Crippen LogP contribution in [0.15, 0.2) is 31.3 Å². The minimum absolute atomic E-state index is 0.0151. The third-order valence-corrected chi connectivity index (χ3v) is 5.79. The van der Waals surface area contributed by atoms with E-state index in [1.165, 1.54) is 12.1 Å². The van der Waals surface area contributed by atoms with Crippen molar-refractivity contribution in [3.8, 4) is 0 Å². The highest BCUT2D eigenvalue weighted by molar-refractivity contribution is 5.97. The first kappa shape index (κ1) is 25.0. The number of nitrogens with zero attached hydrogens (tertiary/aromatic N) is 2. The zero-order chi connectivity index (χ0) is 24.8. The molecule has 0 spiro atoms. The Kier molecular flexibility index (Phi) is 8.08. The van der Waals surface area contributed by atoms with Crippen molar-refractivity contribution in [1.82, 2.24) is 9.13 Å². The van der Waals surface area contributed by atoms with Gasteiger partial charge in [0.25, 0.3) is 22.2 Å². The minimum Gasteiger partial charge on any atom is -0.301 e. The van der Waals surface area contributed by atoms with Gasteiger partial charge in [-0.3, -0.25) is 28.3 Å². The van der Waals surface area contributed by atoms with Crippen LogP contribution in [-0.4, -0.2) is 31.6 Å². The molecule has 1 aromatic carbocycles. The van der Waals surface area contributed by atoms with Gasteiger partial charge in [-0.15, -0.1) is 0 Å². The van der Waals surface area contributed by atoms with Gasteiger partial charge in [0.2, 0.25) is 0 Å². The van der Waals surface area contributed by atoms with Gasteiger partial charge in [0.15, 0.2) is 0 Å². The van der Waals surface area contributed by atoms with Gasteiger partial charge in [-0.05, 0) is 37.8 Å².